The molecule has 0 radical (unpaired) electrons. The second-order valence-electron chi connectivity index (χ2n) is 5.26. The van der Waals surface area contributed by atoms with Gasteiger partial charge in [-0.15, -0.1) is 12.4 Å². The first-order valence-electron chi connectivity index (χ1n) is 6.71. The van der Waals surface area contributed by atoms with Crippen molar-refractivity contribution >= 4 is 18.0 Å². The van der Waals surface area contributed by atoms with Gasteiger partial charge in [-0.25, -0.2) is 0 Å². The average molecular weight is 282 g/mol. The monoisotopic (exact) mass is 281 g/mol. The Morgan fingerprint density at radius 1 is 1.16 bits per heavy atom. The second-order valence-corrected chi connectivity index (χ2v) is 5.26. The Morgan fingerprint density at radius 3 is 2.58 bits per heavy atom. The molecule has 2 rings (SSSR count). The molecule has 0 aliphatic heterocycles. The molecule has 1 aliphatic carbocycles. The van der Waals surface area contributed by atoms with E-state index in [0.717, 1.165) is 12.3 Å². The number of benzene rings is 1. The van der Waals surface area contributed by atoms with Crippen LogP contribution in [-0.4, -0.2) is 32.6 Å². The van der Waals surface area contributed by atoms with E-state index in [1.165, 1.54) is 36.8 Å². The van der Waals surface area contributed by atoms with Crippen LogP contribution in [0.15, 0.2) is 29.8 Å². The molecule has 0 saturated heterocycles. The van der Waals surface area contributed by atoms with Crippen LogP contribution in [0.4, 0.5) is 0 Å². The molecule has 0 unspecified atom stereocenters. The molecule has 0 saturated carbocycles. The van der Waals surface area contributed by atoms with Gasteiger partial charge in [-0.2, -0.15) is 0 Å². The van der Waals surface area contributed by atoms with Gasteiger partial charge in [0.2, 0.25) is 0 Å². The van der Waals surface area contributed by atoms with E-state index in [0.29, 0.717) is 0 Å². The number of halogens is 1. The quantitative estimate of drug-likeness (QED) is 0.827. The van der Waals surface area contributed by atoms with Gasteiger partial charge in [0.15, 0.2) is 0 Å². The molecule has 0 fully saturated rings. The number of rotatable bonds is 4. The molecule has 0 N–H and O–H groups in total. The lowest BCUT2D eigenvalue weighted by atomic mass is 9.87. The highest BCUT2D eigenvalue weighted by Crippen LogP contribution is 2.33. The molecule has 1 aromatic carbocycles. The summed E-state index contributed by atoms with van der Waals surface area (Å²) >= 11 is 0. The summed E-state index contributed by atoms with van der Waals surface area (Å²) in [6.07, 6.45) is 5.08. The van der Waals surface area contributed by atoms with Crippen molar-refractivity contribution in [3.63, 3.8) is 0 Å². The van der Waals surface area contributed by atoms with Crippen molar-refractivity contribution in [2.75, 3.05) is 27.7 Å². The fraction of sp³-hybridized carbons (Fsp3) is 0.500. The predicted octanol–water partition coefficient (Wildman–Crippen LogP) is 4.01. The number of likely N-dealkylation sites (N-methyl/N-ethyl adjacent to an activating group) is 1. The summed E-state index contributed by atoms with van der Waals surface area (Å²) in [6, 6.07) is 8.47. The lowest BCUT2D eigenvalue weighted by molar-refractivity contribution is 0.414. The van der Waals surface area contributed by atoms with Crippen LogP contribution in [0.2, 0.25) is 0 Å². The van der Waals surface area contributed by atoms with Crippen LogP contribution in [0.3, 0.4) is 0 Å². The lowest BCUT2D eigenvalue weighted by Crippen LogP contribution is -2.17. The summed E-state index contributed by atoms with van der Waals surface area (Å²) in [5, 5.41) is 0. The summed E-state index contributed by atoms with van der Waals surface area (Å²) in [4.78, 5) is 2.26. The zero-order chi connectivity index (χ0) is 13.0. The first-order valence-corrected chi connectivity index (χ1v) is 6.71. The molecule has 0 heterocycles. The maximum absolute atomic E-state index is 5.33. The molecule has 19 heavy (non-hydrogen) atoms. The Balaban J connectivity index is 0.00000180. The van der Waals surface area contributed by atoms with Gasteiger partial charge in [-0.05, 0) is 63.0 Å². The van der Waals surface area contributed by atoms with Crippen LogP contribution >= 0.6 is 12.4 Å². The number of methoxy groups -OCH3 is 1. The van der Waals surface area contributed by atoms with E-state index < -0.39 is 0 Å². The Morgan fingerprint density at radius 2 is 1.89 bits per heavy atom. The summed E-state index contributed by atoms with van der Waals surface area (Å²) < 4.78 is 5.33. The summed E-state index contributed by atoms with van der Waals surface area (Å²) in [5.41, 5.74) is 4.47. The van der Waals surface area contributed by atoms with Crippen molar-refractivity contribution in [2.45, 2.75) is 25.7 Å². The van der Waals surface area contributed by atoms with Gasteiger partial charge in [-0.3, -0.25) is 0 Å². The predicted molar refractivity (Wildman–Crippen MR) is 84.2 cm³/mol. The van der Waals surface area contributed by atoms with Crippen molar-refractivity contribution in [3.8, 4) is 5.75 Å². The minimum atomic E-state index is 0. The Hall–Kier alpha value is -0.990. The van der Waals surface area contributed by atoms with Gasteiger partial charge < -0.3 is 9.64 Å². The third kappa shape index (κ3) is 4.26. The zero-order valence-electron chi connectivity index (χ0n) is 12.1. The van der Waals surface area contributed by atoms with E-state index in [-0.39, 0.29) is 12.4 Å². The number of hydrogen-bond donors (Lipinski definition) is 0. The van der Waals surface area contributed by atoms with Gasteiger partial charge in [-0.1, -0.05) is 17.7 Å². The third-order valence-corrected chi connectivity index (χ3v) is 3.51. The van der Waals surface area contributed by atoms with Crippen LogP contribution in [0.1, 0.15) is 31.2 Å². The standard InChI is InChI=1S/C16H23NO.ClH/c1-17(2)12-14-7-4-5-10-16(14)13-8-6-9-15(11-13)18-3;/h6,8-9,11H,4-5,7,10,12H2,1-3H3;1H. The number of ether oxygens (including phenoxy) is 1. The van der Waals surface area contributed by atoms with E-state index in [4.69, 9.17) is 4.74 Å². The molecule has 0 amide bonds. The van der Waals surface area contributed by atoms with E-state index in [2.05, 4.69) is 37.2 Å². The maximum Gasteiger partial charge on any atom is 0.119 e. The molecule has 1 aromatic rings. The van der Waals surface area contributed by atoms with Crippen LogP contribution in [0.5, 0.6) is 5.75 Å². The van der Waals surface area contributed by atoms with Gasteiger partial charge in [0.1, 0.15) is 5.75 Å². The van der Waals surface area contributed by atoms with Crippen LogP contribution in [0, 0.1) is 0 Å². The summed E-state index contributed by atoms with van der Waals surface area (Å²) in [6.45, 7) is 1.08. The second kappa shape index (κ2) is 7.56. The van der Waals surface area contributed by atoms with Crippen molar-refractivity contribution in [1.82, 2.24) is 4.90 Å². The minimum absolute atomic E-state index is 0. The van der Waals surface area contributed by atoms with Crippen molar-refractivity contribution in [3.05, 3.63) is 35.4 Å². The molecular weight excluding hydrogens is 258 g/mol. The highest BCUT2D eigenvalue weighted by Gasteiger charge is 2.15. The van der Waals surface area contributed by atoms with Gasteiger partial charge in [0, 0.05) is 6.54 Å². The maximum atomic E-state index is 5.33. The van der Waals surface area contributed by atoms with Crippen LogP contribution in [-0.2, 0) is 0 Å². The van der Waals surface area contributed by atoms with Crippen molar-refractivity contribution in [2.24, 2.45) is 0 Å². The molecule has 0 atom stereocenters. The smallest absolute Gasteiger partial charge is 0.119 e. The Kier molecular flexibility index (Phi) is 6.40. The number of allylic oxidation sites excluding steroid dienone is 1. The Bertz CT molecular complexity index is 440. The first-order chi connectivity index (χ1) is 8.70. The van der Waals surface area contributed by atoms with Crippen molar-refractivity contribution < 1.29 is 4.74 Å². The van der Waals surface area contributed by atoms with Crippen LogP contribution < -0.4 is 4.74 Å². The van der Waals surface area contributed by atoms with E-state index >= 15 is 0 Å². The molecule has 1 aliphatic rings. The SMILES string of the molecule is COc1cccc(C2=C(CN(C)C)CCCC2)c1.Cl. The van der Waals surface area contributed by atoms with E-state index in [1.54, 1.807) is 12.7 Å². The highest BCUT2D eigenvalue weighted by molar-refractivity contribution is 5.85. The largest absolute Gasteiger partial charge is 0.497 e. The molecule has 0 spiro atoms. The first kappa shape index (κ1) is 16.1. The van der Waals surface area contributed by atoms with Gasteiger partial charge >= 0.3 is 0 Å². The lowest BCUT2D eigenvalue weighted by Gasteiger charge is -2.23. The molecular formula is C16H24ClNO. The molecule has 0 aromatic heterocycles. The fourth-order valence-electron chi connectivity index (χ4n) is 2.68. The van der Waals surface area contributed by atoms with Gasteiger partial charge in [0.25, 0.3) is 0 Å². The summed E-state index contributed by atoms with van der Waals surface area (Å²) in [5.74, 6) is 0.953. The van der Waals surface area contributed by atoms with E-state index in [1.807, 2.05) is 6.07 Å². The normalized spacial score (nSPS) is 15.4. The minimum Gasteiger partial charge on any atom is -0.497 e. The topological polar surface area (TPSA) is 12.5 Å². The Labute approximate surface area is 122 Å². The number of hydrogen-bond acceptors (Lipinski definition) is 2. The zero-order valence-corrected chi connectivity index (χ0v) is 12.9. The van der Waals surface area contributed by atoms with Crippen LogP contribution in [0.25, 0.3) is 5.57 Å². The summed E-state index contributed by atoms with van der Waals surface area (Å²) in [7, 11) is 6.02. The molecule has 106 valence electrons. The third-order valence-electron chi connectivity index (χ3n) is 3.51. The van der Waals surface area contributed by atoms with E-state index in [9.17, 15) is 0 Å². The van der Waals surface area contributed by atoms with Crippen molar-refractivity contribution in [1.29, 1.82) is 0 Å². The number of nitrogens with zero attached hydrogens (tertiary/aromatic N) is 1. The fourth-order valence-corrected chi connectivity index (χ4v) is 2.68. The average Bonchev–Trinajstić information content (AvgIpc) is 2.39. The molecule has 2 nitrogen and oxygen atoms in total. The highest BCUT2D eigenvalue weighted by atomic mass is 35.5. The van der Waals surface area contributed by atoms with Gasteiger partial charge in [0.05, 0.1) is 7.11 Å². The molecule has 3 heteroatoms. The molecule has 0 bridgehead atoms.